The van der Waals surface area contributed by atoms with Crippen molar-refractivity contribution in [2.75, 3.05) is 13.1 Å². The van der Waals surface area contributed by atoms with Crippen molar-refractivity contribution in [1.82, 2.24) is 4.31 Å². The summed E-state index contributed by atoms with van der Waals surface area (Å²) in [7, 11) is -3.83. The monoisotopic (exact) mass is 354 g/mol. The lowest BCUT2D eigenvalue weighted by atomic mass is 9.92. The first-order valence-electron chi connectivity index (χ1n) is 6.63. The Morgan fingerprint density at radius 3 is 2.19 bits per heavy atom. The van der Waals surface area contributed by atoms with Crippen molar-refractivity contribution in [3.63, 3.8) is 0 Å². The Balaban J connectivity index is 2.28. The van der Waals surface area contributed by atoms with Crippen LogP contribution in [0.3, 0.4) is 0 Å². The van der Waals surface area contributed by atoms with E-state index in [-0.39, 0.29) is 21.0 Å². The summed E-state index contributed by atoms with van der Waals surface area (Å²) in [6, 6.07) is 1.94. The highest BCUT2D eigenvalue weighted by Crippen LogP contribution is 2.34. The molecule has 1 aliphatic rings. The zero-order valence-corrected chi connectivity index (χ0v) is 13.8. The molecule has 1 fully saturated rings. The van der Waals surface area contributed by atoms with Crippen molar-refractivity contribution in [2.24, 2.45) is 11.7 Å². The first-order valence-corrected chi connectivity index (χ1v) is 8.83. The lowest BCUT2D eigenvalue weighted by molar-refractivity contribution is 0.250. The van der Waals surface area contributed by atoms with E-state index in [9.17, 15) is 12.8 Å². The van der Waals surface area contributed by atoms with Gasteiger partial charge in [0.15, 0.2) is 0 Å². The Morgan fingerprint density at radius 1 is 1.29 bits per heavy atom. The molecule has 1 aromatic carbocycles. The summed E-state index contributed by atoms with van der Waals surface area (Å²) < 4.78 is 39.8. The molecule has 0 aromatic heterocycles. The SMILES string of the molecule is CC(N)C1CCN(S(=O)(=O)c2c(Cl)cc(F)cc2Cl)CC1. The minimum atomic E-state index is -3.83. The number of hydrogen-bond acceptors (Lipinski definition) is 3. The summed E-state index contributed by atoms with van der Waals surface area (Å²) in [5.41, 5.74) is 5.85. The molecule has 2 rings (SSSR count). The number of benzene rings is 1. The molecule has 2 N–H and O–H groups in total. The molecule has 0 bridgehead atoms. The van der Waals surface area contributed by atoms with Crippen LogP contribution in [0.25, 0.3) is 0 Å². The number of nitrogens with zero attached hydrogens (tertiary/aromatic N) is 1. The van der Waals surface area contributed by atoms with Crippen LogP contribution in [0.4, 0.5) is 4.39 Å². The van der Waals surface area contributed by atoms with E-state index in [1.807, 2.05) is 6.92 Å². The quantitative estimate of drug-likeness (QED) is 0.907. The summed E-state index contributed by atoms with van der Waals surface area (Å²) in [5, 5.41) is -0.399. The maximum Gasteiger partial charge on any atom is 0.246 e. The molecule has 0 radical (unpaired) electrons. The molecule has 1 aliphatic heterocycles. The van der Waals surface area contributed by atoms with Crippen LogP contribution in [0.15, 0.2) is 17.0 Å². The summed E-state index contributed by atoms with van der Waals surface area (Å²) >= 11 is 11.7. The van der Waals surface area contributed by atoms with Crippen LogP contribution in [-0.2, 0) is 10.0 Å². The highest BCUT2D eigenvalue weighted by Gasteiger charge is 2.33. The molecule has 21 heavy (non-hydrogen) atoms. The standard InChI is InChI=1S/C13H17Cl2FN2O2S/c1-8(17)9-2-4-18(5-3-9)21(19,20)13-11(14)6-10(16)7-12(13)15/h6-9H,2-5,17H2,1H3. The van der Waals surface area contributed by atoms with Crippen molar-refractivity contribution in [3.8, 4) is 0 Å². The van der Waals surface area contributed by atoms with E-state index < -0.39 is 15.8 Å². The molecule has 118 valence electrons. The Labute approximate surface area is 134 Å². The van der Waals surface area contributed by atoms with Crippen LogP contribution in [0, 0.1) is 11.7 Å². The van der Waals surface area contributed by atoms with Gasteiger partial charge in [0.2, 0.25) is 10.0 Å². The minimum absolute atomic E-state index is 0.0350. The highest BCUT2D eigenvalue weighted by atomic mass is 35.5. The molecule has 0 amide bonds. The van der Waals surface area contributed by atoms with E-state index in [0.717, 1.165) is 12.1 Å². The molecular formula is C13H17Cl2FN2O2S. The van der Waals surface area contributed by atoms with E-state index in [2.05, 4.69) is 0 Å². The topological polar surface area (TPSA) is 63.4 Å². The van der Waals surface area contributed by atoms with E-state index in [1.54, 1.807) is 0 Å². The average molecular weight is 355 g/mol. The lowest BCUT2D eigenvalue weighted by Gasteiger charge is -2.33. The molecule has 1 saturated heterocycles. The van der Waals surface area contributed by atoms with Crippen LogP contribution < -0.4 is 5.73 Å². The second kappa shape index (κ2) is 6.38. The number of hydrogen-bond donors (Lipinski definition) is 1. The number of sulfonamides is 1. The summed E-state index contributed by atoms with van der Waals surface area (Å²) in [5.74, 6) is -0.366. The van der Waals surface area contributed by atoms with Gasteiger partial charge in [0.1, 0.15) is 10.7 Å². The summed E-state index contributed by atoms with van der Waals surface area (Å²) in [6.07, 6.45) is 1.38. The van der Waals surface area contributed by atoms with Crippen LogP contribution >= 0.6 is 23.2 Å². The smallest absolute Gasteiger partial charge is 0.246 e. The van der Waals surface area contributed by atoms with Gasteiger partial charge in [0.05, 0.1) is 10.0 Å². The molecular weight excluding hydrogens is 338 g/mol. The Bertz CT molecular complexity index is 606. The van der Waals surface area contributed by atoms with Gasteiger partial charge in [-0.1, -0.05) is 23.2 Å². The molecule has 1 heterocycles. The zero-order valence-electron chi connectivity index (χ0n) is 11.5. The molecule has 0 spiro atoms. The number of halogens is 3. The Kier molecular flexibility index (Phi) is 5.15. The Morgan fingerprint density at radius 2 is 1.76 bits per heavy atom. The third kappa shape index (κ3) is 3.51. The van der Waals surface area contributed by atoms with Crippen LogP contribution in [0.2, 0.25) is 10.0 Å². The average Bonchev–Trinajstić information content (AvgIpc) is 2.37. The van der Waals surface area contributed by atoms with Crippen molar-refractivity contribution >= 4 is 33.2 Å². The van der Waals surface area contributed by atoms with Gasteiger partial charge in [-0.15, -0.1) is 0 Å². The fraction of sp³-hybridized carbons (Fsp3) is 0.538. The normalized spacial score (nSPS) is 19.7. The number of rotatable bonds is 3. The molecule has 1 atom stereocenters. The second-order valence-electron chi connectivity index (χ2n) is 5.30. The summed E-state index contributed by atoms with van der Waals surface area (Å²) in [6.45, 7) is 2.64. The fourth-order valence-corrected chi connectivity index (χ4v) is 5.15. The molecule has 8 heteroatoms. The minimum Gasteiger partial charge on any atom is -0.328 e. The molecule has 0 aliphatic carbocycles. The molecule has 4 nitrogen and oxygen atoms in total. The number of nitrogens with two attached hydrogens (primary N) is 1. The van der Waals surface area contributed by atoms with Gasteiger partial charge in [-0.25, -0.2) is 12.8 Å². The molecule has 1 aromatic rings. The van der Waals surface area contributed by atoms with E-state index in [1.165, 1.54) is 4.31 Å². The van der Waals surface area contributed by atoms with Crippen LogP contribution in [0.1, 0.15) is 19.8 Å². The van der Waals surface area contributed by atoms with Gasteiger partial charge < -0.3 is 5.73 Å². The summed E-state index contributed by atoms with van der Waals surface area (Å²) in [4.78, 5) is -0.230. The number of piperidine rings is 1. The highest BCUT2D eigenvalue weighted by molar-refractivity contribution is 7.89. The van der Waals surface area contributed by atoms with E-state index in [0.29, 0.717) is 31.8 Å². The van der Waals surface area contributed by atoms with Crippen molar-refractivity contribution in [1.29, 1.82) is 0 Å². The fourth-order valence-electron chi connectivity index (χ4n) is 2.55. The van der Waals surface area contributed by atoms with Crippen molar-refractivity contribution in [2.45, 2.75) is 30.7 Å². The zero-order chi connectivity index (χ0) is 15.8. The van der Waals surface area contributed by atoms with Gasteiger partial charge >= 0.3 is 0 Å². The van der Waals surface area contributed by atoms with Crippen LogP contribution in [0.5, 0.6) is 0 Å². The maximum atomic E-state index is 13.2. The largest absolute Gasteiger partial charge is 0.328 e. The molecule has 1 unspecified atom stereocenters. The molecule has 0 saturated carbocycles. The predicted octanol–water partition coefficient (Wildman–Crippen LogP) is 2.88. The predicted molar refractivity (Wildman–Crippen MR) is 81.6 cm³/mol. The van der Waals surface area contributed by atoms with Gasteiger partial charge in [0, 0.05) is 19.1 Å². The Hall–Kier alpha value is -0.400. The third-order valence-electron chi connectivity index (χ3n) is 3.80. The first-order chi connectivity index (χ1) is 9.73. The van der Waals surface area contributed by atoms with E-state index >= 15 is 0 Å². The lowest BCUT2D eigenvalue weighted by Crippen LogP contribution is -2.42. The first kappa shape index (κ1) is 17.0. The second-order valence-corrected chi connectivity index (χ2v) is 7.99. The van der Waals surface area contributed by atoms with Gasteiger partial charge in [-0.2, -0.15) is 4.31 Å². The van der Waals surface area contributed by atoms with Crippen LogP contribution in [-0.4, -0.2) is 31.9 Å². The van der Waals surface area contributed by atoms with Gasteiger partial charge in [-0.05, 0) is 37.8 Å². The maximum absolute atomic E-state index is 13.2. The third-order valence-corrected chi connectivity index (χ3v) is 6.62. The van der Waals surface area contributed by atoms with E-state index in [4.69, 9.17) is 28.9 Å². The van der Waals surface area contributed by atoms with Gasteiger partial charge in [-0.3, -0.25) is 0 Å². The van der Waals surface area contributed by atoms with Crippen molar-refractivity contribution < 1.29 is 12.8 Å². The van der Waals surface area contributed by atoms with Crippen molar-refractivity contribution in [3.05, 3.63) is 28.0 Å². The van der Waals surface area contributed by atoms with Gasteiger partial charge in [0.25, 0.3) is 0 Å².